The smallest absolute Gasteiger partial charge is 0.341 e. The highest BCUT2D eigenvalue weighted by Gasteiger charge is 2.22. The van der Waals surface area contributed by atoms with E-state index >= 15 is 0 Å². The first-order chi connectivity index (χ1) is 12.1. The average molecular weight is 360 g/mol. The summed E-state index contributed by atoms with van der Waals surface area (Å²) in [6.45, 7) is 1.67. The number of pyridine rings is 1. The van der Waals surface area contributed by atoms with Gasteiger partial charge in [0.2, 0.25) is 6.79 Å². The van der Waals surface area contributed by atoms with Gasteiger partial charge in [0.05, 0.1) is 5.56 Å². The lowest BCUT2D eigenvalue weighted by Crippen LogP contribution is -2.30. The van der Waals surface area contributed by atoms with Crippen LogP contribution in [-0.2, 0) is 9.53 Å². The molecular weight excluding hydrogens is 344 g/mol. The third-order valence-electron chi connectivity index (χ3n) is 3.48. The lowest BCUT2D eigenvalue weighted by Gasteiger charge is -2.14. The Morgan fingerprint density at radius 2 is 2.08 bits per heavy atom. The zero-order valence-corrected chi connectivity index (χ0v) is 14.5. The van der Waals surface area contributed by atoms with E-state index in [2.05, 4.69) is 10.3 Å². The van der Waals surface area contributed by atoms with Crippen LogP contribution in [0.15, 0.2) is 41.6 Å². The first-order valence-electron chi connectivity index (χ1n) is 7.49. The Labute approximate surface area is 148 Å². The molecule has 3 rings (SSSR count). The van der Waals surface area contributed by atoms with Crippen LogP contribution in [0.25, 0.3) is 0 Å². The molecule has 7 nitrogen and oxygen atoms in total. The zero-order chi connectivity index (χ0) is 17.8. The van der Waals surface area contributed by atoms with E-state index in [0.29, 0.717) is 27.8 Å². The Balaban J connectivity index is 1.63. The van der Waals surface area contributed by atoms with Gasteiger partial charge in [0.25, 0.3) is 5.91 Å². The van der Waals surface area contributed by atoms with E-state index in [-0.39, 0.29) is 6.79 Å². The number of thioether (sulfide) groups is 1. The highest BCUT2D eigenvalue weighted by Crippen LogP contribution is 2.34. The molecule has 1 N–H and O–H groups in total. The van der Waals surface area contributed by atoms with Crippen molar-refractivity contribution < 1.29 is 23.8 Å². The molecule has 0 unspecified atom stereocenters. The van der Waals surface area contributed by atoms with Crippen LogP contribution >= 0.6 is 11.8 Å². The van der Waals surface area contributed by atoms with Crippen molar-refractivity contribution in [3.05, 3.63) is 42.1 Å². The van der Waals surface area contributed by atoms with Crippen molar-refractivity contribution in [2.75, 3.05) is 18.4 Å². The van der Waals surface area contributed by atoms with E-state index in [9.17, 15) is 9.59 Å². The second kappa shape index (κ2) is 7.43. The minimum atomic E-state index is -0.965. The van der Waals surface area contributed by atoms with Crippen LogP contribution in [0.5, 0.6) is 11.5 Å². The molecule has 25 heavy (non-hydrogen) atoms. The zero-order valence-electron chi connectivity index (χ0n) is 13.6. The van der Waals surface area contributed by atoms with Crippen molar-refractivity contribution in [2.45, 2.75) is 18.1 Å². The number of anilines is 1. The number of benzene rings is 1. The highest BCUT2D eigenvalue weighted by atomic mass is 32.2. The molecule has 0 saturated heterocycles. The normalized spacial score (nSPS) is 13.2. The average Bonchev–Trinajstić information content (AvgIpc) is 3.09. The summed E-state index contributed by atoms with van der Waals surface area (Å²) in [5, 5.41) is 3.24. The van der Waals surface area contributed by atoms with Crippen molar-refractivity contribution in [3.8, 4) is 11.5 Å². The molecule has 8 heteroatoms. The van der Waals surface area contributed by atoms with Crippen molar-refractivity contribution in [2.24, 2.45) is 0 Å². The molecule has 1 aromatic heterocycles. The van der Waals surface area contributed by atoms with E-state index < -0.39 is 18.0 Å². The van der Waals surface area contributed by atoms with Crippen molar-refractivity contribution in [1.29, 1.82) is 0 Å². The summed E-state index contributed by atoms with van der Waals surface area (Å²) in [6.07, 6.45) is 2.45. The van der Waals surface area contributed by atoms with Gasteiger partial charge in [-0.25, -0.2) is 9.78 Å². The van der Waals surface area contributed by atoms with Gasteiger partial charge >= 0.3 is 5.97 Å². The van der Waals surface area contributed by atoms with E-state index in [0.717, 1.165) is 0 Å². The fraction of sp³-hybridized carbons (Fsp3) is 0.235. The minimum absolute atomic E-state index is 0.156. The first-order valence-corrected chi connectivity index (χ1v) is 8.71. The number of esters is 1. The van der Waals surface area contributed by atoms with Crippen LogP contribution in [0, 0.1) is 0 Å². The van der Waals surface area contributed by atoms with Gasteiger partial charge in [-0.1, -0.05) is 0 Å². The van der Waals surface area contributed by atoms with Crippen molar-refractivity contribution >= 4 is 29.3 Å². The summed E-state index contributed by atoms with van der Waals surface area (Å²) >= 11 is 1.33. The standard InChI is InChI=1S/C17H16N2O5S/c1-10(24-17(21)12-4-3-7-18-16(12)25-2)15(20)19-11-5-6-13-14(8-11)23-9-22-13/h3-8,10H,9H2,1-2H3,(H,19,20)/t10-/m0/s1. The van der Waals surface area contributed by atoms with Crippen molar-refractivity contribution in [3.63, 3.8) is 0 Å². The molecule has 0 bridgehead atoms. The fourth-order valence-corrected chi connectivity index (χ4v) is 2.74. The predicted octanol–water partition coefficient (Wildman–Crippen LogP) is 2.72. The molecule has 0 radical (unpaired) electrons. The van der Waals surface area contributed by atoms with Crippen LogP contribution in [0.3, 0.4) is 0 Å². The molecule has 1 aliphatic heterocycles. The third kappa shape index (κ3) is 3.85. The van der Waals surface area contributed by atoms with Crippen LogP contribution in [0.2, 0.25) is 0 Å². The Kier molecular flexibility index (Phi) is 5.08. The van der Waals surface area contributed by atoms with Crippen LogP contribution in [0.1, 0.15) is 17.3 Å². The molecular formula is C17H16N2O5S. The quantitative estimate of drug-likeness (QED) is 0.648. The molecule has 1 aliphatic rings. The number of ether oxygens (including phenoxy) is 3. The van der Waals surface area contributed by atoms with E-state index in [1.807, 2.05) is 6.26 Å². The summed E-state index contributed by atoms with van der Waals surface area (Å²) < 4.78 is 15.7. The van der Waals surface area contributed by atoms with Gasteiger partial charge < -0.3 is 19.5 Å². The molecule has 1 atom stereocenters. The van der Waals surface area contributed by atoms with Gasteiger partial charge in [-0.3, -0.25) is 4.79 Å². The van der Waals surface area contributed by atoms with E-state index in [1.165, 1.54) is 18.7 Å². The summed E-state index contributed by atoms with van der Waals surface area (Å²) in [5.41, 5.74) is 0.862. The van der Waals surface area contributed by atoms with E-state index in [1.54, 1.807) is 36.5 Å². The molecule has 130 valence electrons. The number of nitrogens with zero attached hydrogens (tertiary/aromatic N) is 1. The third-order valence-corrected chi connectivity index (χ3v) is 4.19. The summed E-state index contributed by atoms with van der Waals surface area (Å²) in [7, 11) is 0. The molecule has 1 amide bonds. The number of rotatable bonds is 5. The van der Waals surface area contributed by atoms with Gasteiger partial charge in [0.1, 0.15) is 5.03 Å². The summed E-state index contributed by atoms with van der Waals surface area (Å²) in [6, 6.07) is 8.31. The lowest BCUT2D eigenvalue weighted by molar-refractivity contribution is -0.123. The number of fused-ring (bicyclic) bond motifs is 1. The Bertz CT molecular complexity index is 811. The number of aromatic nitrogens is 1. The minimum Gasteiger partial charge on any atom is -0.454 e. The number of hydrogen-bond acceptors (Lipinski definition) is 7. The van der Waals surface area contributed by atoms with Crippen LogP contribution in [0.4, 0.5) is 5.69 Å². The lowest BCUT2D eigenvalue weighted by atomic mass is 10.2. The Hall–Kier alpha value is -2.74. The SMILES string of the molecule is CSc1ncccc1C(=O)O[C@@H](C)C(=O)Nc1ccc2c(c1)OCO2. The first kappa shape index (κ1) is 17.1. The molecule has 0 saturated carbocycles. The number of nitrogens with one attached hydrogen (secondary N) is 1. The maximum absolute atomic E-state index is 12.3. The largest absolute Gasteiger partial charge is 0.454 e. The molecule has 2 aromatic rings. The summed E-state index contributed by atoms with van der Waals surface area (Å²) in [5.74, 6) is 0.147. The number of carbonyl (C=O) groups excluding carboxylic acids is 2. The molecule has 0 fully saturated rings. The molecule has 2 heterocycles. The van der Waals surface area contributed by atoms with Gasteiger partial charge in [0.15, 0.2) is 17.6 Å². The van der Waals surface area contributed by atoms with Gasteiger partial charge in [0, 0.05) is 18.0 Å². The number of amides is 1. The second-order valence-electron chi connectivity index (χ2n) is 5.17. The number of hydrogen-bond donors (Lipinski definition) is 1. The van der Waals surface area contributed by atoms with E-state index in [4.69, 9.17) is 14.2 Å². The second-order valence-corrected chi connectivity index (χ2v) is 5.96. The Morgan fingerprint density at radius 3 is 2.88 bits per heavy atom. The van der Waals surface area contributed by atoms with Crippen LogP contribution < -0.4 is 14.8 Å². The molecule has 0 aliphatic carbocycles. The fourth-order valence-electron chi connectivity index (χ4n) is 2.20. The topological polar surface area (TPSA) is 86.8 Å². The Morgan fingerprint density at radius 1 is 1.28 bits per heavy atom. The number of carbonyl (C=O) groups is 2. The van der Waals surface area contributed by atoms with Crippen molar-refractivity contribution in [1.82, 2.24) is 4.98 Å². The molecule has 1 aromatic carbocycles. The van der Waals surface area contributed by atoms with Gasteiger partial charge in [-0.2, -0.15) is 0 Å². The predicted molar refractivity (Wildman–Crippen MR) is 92.1 cm³/mol. The van der Waals surface area contributed by atoms with Crippen LogP contribution in [-0.4, -0.2) is 36.0 Å². The maximum Gasteiger partial charge on any atom is 0.341 e. The summed E-state index contributed by atoms with van der Waals surface area (Å²) in [4.78, 5) is 28.6. The highest BCUT2D eigenvalue weighted by molar-refractivity contribution is 7.98. The maximum atomic E-state index is 12.3. The molecule has 0 spiro atoms. The van der Waals surface area contributed by atoms with Gasteiger partial charge in [-0.05, 0) is 37.4 Å². The van der Waals surface area contributed by atoms with Gasteiger partial charge in [-0.15, -0.1) is 11.8 Å². The monoisotopic (exact) mass is 360 g/mol.